The van der Waals surface area contributed by atoms with Crippen LogP contribution in [-0.2, 0) is 0 Å². The van der Waals surface area contributed by atoms with Crippen molar-refractivity contribution >= 4 is 5.57 Å². The van der Waals surface area contributed by atoms with Crippen LogP contribution in [-0.4, -0.2) is 6.54 Å². The molecule has 0 amide bonds. The summed E-state index contributed by atoms with van der Waals surface area (Å²) >= 11 is 0. The molecule has 0 heterocycles. The molecule has 0 aromatic heterocycles. The molecule has 1 atom stereocenters. The topological polar surface area (TPSA) is 26.0 Å². The standard InChI is InChI=1S/C13H17N/c1-9-10(2)12(7-8-14)13-6-4-3-5-11(9)13/h3-6,9H,7-8,14H2,1-2H3. The van der Waals surface area contributed by atoms with Gasteiger partial charge in [0.25, 0.3) is 0 Å². The minimum Gasteiger partial charge on any atom is -0.330 e. The van der Waals surface area contributed by atoms with E-state index in [0.717, 1.165) is 13.0 Å². The molecule has 1 heteroatoms. The molecule has 1 aromatic carbocycles. The maximum atomic E-state index is 5.64. The van der Waals surface area contributed by atoms with Crippen LogP contribution >= 0.6 is 0 Å². The zero-order chi connectivity index (χ0) is 10.1. The van der Waals surface area contributed by atoms with Crippen LogP contribution in [0.2, 0.25) is 0 Å². The Morgan fingerprint density at radius 3 is 2.71 bits per heavy atom. The molecule has 0 aliphatic heterocycles. The Kier molecular flexibility index (Phi) is 2.42. The van der Waals surface area contributed by atoms with E-state index in [9.17, 15) is 0 Å². The smallest absolute Gasteiger partial charge is 0.00291 e. The Labute approximate surface area is 85.6 Å². The minimum atomic E-state index is 0.577. The zero-order valence-electron chi connectivity index (χ0n) is 8.88. The number of hydrogen-bond donors (Lipinski definition) is 1. The fraction of sp³-hybridized carbons (Fsp3) is 0.385. The van der Waals surface area contributed by atoms with Crippen LogP contribution in [0, 0.1) is 0 Å². The van der Waals surface area contributed by atoms with E-state index in [1.54, 1.807) is 0 Å². The Balaban J connectivity index is 2.49. The molecule has 14 heavy (non-hydrogen) atoms. The fourth-order valence-electron chi connectivity index (χ4n) is 2.33. The summed E-state index contributed by atoms with van der Waals surface area (Å²) in [4.78, 5) is 0. The molecule has 1 aliphatic carbocycles. The number of benzene rings is 1. The Bertz CT molecular complexity index is 377. The second-order valence-electron chi connectivity index (χ2n) is 4.01. The monoisotopic (exact) mass is 187 g/mol. The molecule has 0 saturated heterocycles. The fourth-order valence-corrected chi connectivity index (χ4v) is 2.33. The highest BCUT2D eigenvalue weighted by atomic mass is 14.5. The Hall–Kier alpha value is -1.08. The quantitative estimate of drug-likeness (QED) is 0.757. The summed E-state index contributed by atoms with van der Waals surface area (Å²) in [5, 5.41) is 0. The van der Waals surface area contributed by atoms with Gasteiger partial charge in [0.2, 0.25) is 0 Å². The van der Waals surface area contributed by atoms with Gasteiger partial charge in [0.05, 0.1) is 0 Å². The highest BCUT2D eigenvalue weighted by Crippen LogP contribution is 2.42. The van der Waals surface area contributed by atoms with Crippen LogP contribution in [0.1, 0.15) is 37.3 Å². The van der Waals surface area contributed by atoms with Crippen LogP contribution < -0.4 is 5.73 Å². The van der Waals surface area contributed by atoms with E-state index in [0.29, 0.717) is 5.92 Å². The maximum Gasteiger partial charge on any atom is 0.00291 e. The summed E-state index contributed by atoms with van der Waals surface area (Å²) in [7, 11) is 0. The van der Waals surface area contributed by atoms with Crippen molar-refractivity contribution in [2.24, 2.45) is 5.73 Å². The van der Waals surface area contributed by atoms with Crippen molar-refractivity contribution in [1.82, 2.24) is 0 Å². The first kappa shape index (κ1) is 9.47. The summed E-state index contributed by atoms with van der Waals surface area (Å²) < 4.78 is 0. The minimum absolute atomic E-state index is 0.577. The average molecular weight is 187 g/mol. The highest BCUT2D eigenvalue weighted by Gasteiger charge is 2.23. The van der Waals surface area contributed by atoms with E-state index in [-0.39, 0.29) is 0 Å². The van der Waals surface area contributed by atoms with Gasteiger partial charge in [0, 0.05) is 5.92 Å². The lowest BCUT2D eigenvalue weighted by Gasteiger charge is -2.05. The molecular formula is C13H17N. The van der Waals surface area contributed by atoms with Gasteiger partial charge in [-0.05, 0) is 36.6 Å². The van der Waals surface area contributed by atoms with Crippen LogP contribution in [0.15, 0.2) is 29.8 Å². The highest BCUT2D eigenvalue weighted by molar-refractivity contribution is 5.77. The zero-order valence-corrected chi connectivity index (χ0v) is 8.88. The van der Waals surface area contributed by atoms with E-state index in [1.165, 1.54) is 22.3 Å². The molecular weight excluding hydrogens is 170 g/mol. The van der Waals surface area contributed by atoms with E-state index >= 15 is 0 Å². The van der Waals surface area contributed by atoms with Gasteiger partial charge in [-0.3, -0.25) is 0 Å². The molecule has 1 nitrogen and oxygen atoms in total. The summed E-state index contributed by atoms with van der Waals surface area (Å²) in [5.74, 6) is 0.577. The second kappa shape index (κ2) is 3.58. The van der Waals surface area contributed by atoms with Gasteiger partial charge in [-0.1, -0.05) is 36.8 Å². The largest absolute Gasteiger partial charge is 0.330 e. The maximum absolute atomic E-state index is 5.64. The number of rotatable bonds is 2. The third-order valence-corrected chi connectivity index (χ3v) is 3.27. The molecule has 2 rings (SSSR count). The van der Waals surface area contributed by atoms with Crippen molar-refractivity contribution in [1.29, 1.82) is 0 Å². The predicted octanol–water partition coefficient (Wildman–Crippen LogP) is 2.93. The predicted molar refractivity (Wildman–Crippen MR) is 61.1 cm³/mol. The average Bonchev–Trinajstić information content (AvgIpc) is 2.45. The molecule has 74 valence electrons. The van der Waals surface area contributed by atoms with Crippen molar-refractivity contribution in [3.8, 4) is 0 Å². The molecule has 0 radical (unpaired) electrons. The molecule has 0 saturated carbocycles. The van der Waals surface area contributed by atoms with E-state index < -0.39 is 0 Å². The van der Waals surface area contributed by atoms with Crippen molar-refractivity contribution in [3.63, 3.8) is 0 Å². The number of hydrogen-bond acceptors (Lipinski definition) is 1. The molecule has 1 unspecified atom stereocenters. The van der Waals surface area contributed by atoms with Crippen molar-refractivity contribution < 1.29 is 0 Å². The van der Waals surface area contributed by atoms with Gasteiger partial charge in [-0.2, -0.15) is 0 Å². The lowest BCUT2D eigenvalue weighted by molar-refractivity contribution is 0.914. The molecule has 0 fully saturated rings. The normalized spacial score (nSPS) is 20.1. The Morgan fingerprint density at radius 1 is 1.29 bits per heavy atom. The van der Waals surface area contributed by atoms with Crippen LogP contribution in [0.25, 0.3) is 5.57 Å². The van der Waals surface area contributed by atoms with Crippen LogP contribution in [0.5, 0.6) is 0 Å². The van der Waals surface area contributed by atoms with E-state index in [4.69, 9.17) is 5.73 Å². The van der Waals surface area contributed by atoms with Gasteiger partial charge in [0.15, 0.2) is 0 Å². The lowest BCUT2D eigenvalue weighted by Crippen LogP contribution is -1.99. The van der Waals surface area contributed by atoms with Crippen molar-refractivity contribution in [2.75, 3.05) is 6.54 Å². The molecule has 0 bridgehead atoms. The van der Waals surface area contributed by atoms with Gasteiger partial charge in [0.1, 0.15) is 0 Å². The summed E-state index contributed by atoms with van der Waals surface area (Å²) in [6, 6.07) is 8.68. The summed E-state index contributed by atoms with van der Waals surface area (Å²) in [5.41, 5.74) is 11.5. The lowest BCUT2D eigenvalue weighted by atomic mass is 9.99. The number of fused-ring (bicyclic) bond motifs is 1. The van der Waals surface area contributed by atoms with Gasteiger partial charge in [-0.25, -0.2) is 0 Å². The molecule has 2 N–H and O–H groups in total. The van der Waals surface area contributed by atoms with Crippen LogP contribution in [0.3, 0.4) is 0 Å². The first-order valence-electron chi connectivity index (χ1n) is 5.24. The van der Waals surface area contributed by atoms with E-state index in [1.807, 2.05) is 0 Å². The first-order valence-corrected chi connectivity index (χ1v) is 5.24. The molecule has 0 spiro atoms. The first-order chi connectivity index (χ1) is 6.75. The SMILES string of the molecule is CC1=C(CCN)c2ccccc2C1C. The molecule has 1 aliphatic rings. The van der Waals surface area contributed by atoms with E-state index in [2.05, 4.69) is 38.1 Å². The number of allylic oxidation sites excluding steroid dienone is 1. The van der Waals surface area contributed by atoms with Crippen LogP contribution in [0.4, 0.5) is 0 Å². The number of nitrogens with two attached hydrogens (primary N) is 1. The second-order valence-corrected chi connectivity index (χ2v) is 4.01. The summed E-state index contributed by atoms with van der Waals surface area (Å²) in [6.45, 7) is 5.25. The van der Waals surface area contributed by atoms with Gasteiger partial charge < -0.3 is 5.73 Å². The third kappa shape index (κ3) is 1.28. The summed E-state index contributed by atoms with van der Waals surface area (Å²) in [6.07, 6.45) is 1.01. The third-order valence-electron chi connectivity index (χ3n) is 3.27. The van der Waals surface area contributed by atoms with Crippen molar-refractivity contribution in [3.05, 3.63) is 41.0 Å². The molecule has 1 aromatic rings. The van der Waals surface area contributed by atoms with Gasteiger partial charge in [-0.15, -0.1) is 0 Å². The van der Waals surface area contributed by atoms with Crippen molar-refractivity contribution in [2.45, 2.75) is 26.2 Å². The Morgan fingerprint density at radius 2 is 2.00 bits per heavy atom. The van der Waals surface area contributed by atoms with Gasteiger partial charge >= 0.3 is 0 Å².